The van der Waals surface area contributed by atoms with Gasteiger partial charge in [-0.2, -0.15) is 5.10 Å². The van der Waals surface area contributed by atoms with Crippen LogP contribution in [0, 0.1) is 0 Å². The number of nitrogens with two attached hydrogens (primary N) is 1. The first-order valence-electron chi connectivity index (χ1n) is 5.33. The van der Waals surface area contributed by atoms with Crippen LogP contribution in [-0.2, 0) is 0 Å². The molecule has 0 spiro atoms. The van der Waals surface area contributed by atoms with E-state index in [-0.39, 0.29) is 6.04 Å². The third kappa shape index (κ3) is 1.32. The summed E-state index contributed by atoms with van der Waals surface area (Å²) in [5.41, 5.74) is 7.77. The van der Waals surface area contributed by atoms with Gasteiger partial charge in [-0.3, -0.25) is 4.98 Å². The molecule has 1 atom stereocenters. The van der Waals surface area contributed by atoms with E-state index in [1.165, 1.54) is 5.56 Å². The lowest BCUT2D eigenvalue weighted by Gasteiger charge is -2.26. The predicted octanol–water partition coefficient (Wildman–Crippen LogP) is 1.27. The number of hydrogen-bond donors (Lipinski definition) is 2. The molecule has 1 aliphatic rings. The molecule has 2 aromatic rings. The van der Waals surface area contributed by atoms with E-state index >= 15 is 0 Å². The molecule has 0 bridgehead atoms. The van der Waals surface area contributed by atoms with Crippen molar-refractivity contribution in [1.82, 2.24) is 14.8 Å². The fourth-order valence-corrected chi connectivity index (χ4v) is 2.14. The summed E-state index contributed by atoms with van der Waals surface area (Å²) in [6, 6.07) is 4.31. The number of pyridine rings is 1. The van der Waals surface area contributed by atoms with Gasteiger partial charge in [0.2, 0.25) is 0 Å². The molecule has 1 aliphatic heterocycles. The van der Waals surface area contributed by atoms with Gasteiger partial charge in [-0.1, -0.05) is 0 Å². The van der Waals surface area contributed by atoms with Gasteiger partial charge in [-0.15, -0.1) is 0 Å². The van der Waals surface area contributed by atoms with Crippen LogP contribution in [0.4, 0.5) is 11.5 Å². The van der Waals surface area contributed by atoms with Crippen molar-refractivity contribution in [2.24, 2.45) is 0 Å². The summed E-state index contributed by atoms with van der Waals surface area (Å²) < 4.78 is 1.95. The van der Waals surface area contributed by atoms with Crippen LogP contribution in [0.5, 0.6) is 0 Å². The topological polar surface area (TPSA) is 68.8 Å². The molecule has 5 nitrogen and oxygen atoms in total. The Balaban J connectivity index is 2.05. The maximum atomic E-state index is 5.84. The zero-order chi connectivity index (χ0) is 11.0. The fourth-order valence-electron chi connectivity index (χ4n) is 2.14. The number of rotatable bonds is 1. The van der Waals surface area contributed by atoms with Crippen LogP contribution < -0.4 is 11.1 Å². The van der Waals surface area contributed by atoms with E-state index in [9.17, 15) is 0 Å². The Hall–Kier alpha value is -2.04. The van der Waals surface area contributed by atoms with Crippen LogP contribution in [-0.4, -0.2) is 21.3 Å². The summed E-state index contributed by atoms with van der Waals surface area (Å²) in [6.07, 6.45) is 6.33. The minimum atomic E-state index is 0.261. The van der Waals surface area contributed by atoms with Crippen molar-refractivity contribution in [3.05, 3.63) is 36.3 Å². The summed E-state index contributed by atoms with van der Waals surface area (Å²) in [5, 5.41) is 7.59. The van der Waals surface area contributed by atoms with E-state index in [2.05, 4.69) is 15.4 Å². The van der Waals surface area contributed by atoms with E-state index in [1.54, 1.807) is 6.20 Å². The molecule has 82 valence electrons. The zero-order valence-corrected chi connectivity index (χ0v) is 8.80. The van der Waals surface area contributed by atoms with Crippen molar-refractivity contribution in [2.75, 3.05) is 17.6 Å². The van der Waals surface area contributed by atoms with Gasteiger partial charge in [0.05, 0.1) is 17.9 Å². The molecular weight excluding hydrogens is 202 g/mol. The highest BCUT2D eigenvalue weighted by Crippen LogP contribution is 2.31. The molecular formula is C11H13N5. The van der Waals surface area contributed by atoms with Crippen molar-refractivity contribution in [3.8, 4) is 0 Å². The monoisotopic (exact) mass is 215 g/mol. The van der Waals surface area contributed by atoms with Crippen molar-refractivity contribution < 1.29 is 0 Å². The summed E-state index contributed by atoms with van der Waals surface area (Å²) in [4.78, 5) is 4.03. The van der Waals surface area contributed by atoms with Gasteiger partial charge < -0.3 is 11.1 Å². The summed E-state index contributed by atoms with van der Waals surface area (Å²) >= 11 is 0. The number of nitrogen functional groups attached to an aromatic ring is 1. The average Bonchev–Trinajstić information content (AvgIpc) is 2.73. The quantitative estimate of drug-likeness (QED) is 0.751. The molecule has 3 heterocycles. The van der Waals surface area contributed by atoms with Crippen molar-refractivity contribution in [2.45, 2.75) is 12.5 Å². The molecule has 0 aliphatic carbocycles. The number of nitrogens with one attached hydrogen (secondary N) is 1. The van der Waals surface area contributed by atoms with Crippen LogP contribution in [0.25, 0.3) is 0 Å². The van der Waals surface area contributed by atoms with Gasteiger partial charge in [-0.25, -0.2) is 4.68 Å². The lowest BCUT2D eigenvalue weighted by molar-refractivity contribution is 0.482. The normalized spacial score (nSPS) is 18.9. The molecule has 3 N–H and O–H groups in total. The van der Waals surface area contributed by atoms with Crippen molar-refractivity contribution in [1.29, 1.82) is 0 Å². The minimum absolute atomic E-state index is 0.261. The second-order valence-electron chi connectivity index (χ2n) is 3.90. The summed E-state index contributed by atoms with van der Waals surface area (Å²) in [7, 11) is 0. The molecule has 0 saturated carbocycles. The van der Waals surface area contributed by atoms with Crippen LogP contribution >= 0.6 is 0 Å². The standard InChI is InChI=1S/C11H13N5/c12-9-7-15-16-10(3-6-14-11(9)16)8-1-4-13-5-2-8/h1-2,4-5,7,10,14H,3,6,12H2. The molecule has 1 unspecified atom stereocenters. The number of anilines is 2. The fraction of sp³-hybridized carbons (Fsp3) is 0.273. The van der Waals surface area contributed by atoms with Crippen LogP contribution in [0.2, 0.25) is 0 Å². The number of fused-ring (bicyclic) bond motifs is 1. The third-order valence-corrected chi connectivity index (χ3v) is 2.92. The maximum absolute atomic E-state index is 5.84. The smallest absolute Gasteiger partial charge is 0.148 e. The first-order valence-corrected chi connectivity index (χ1v) is 5.33. The van der Waals surface area contributed by atoms with E-state index in [4.69, 9.17) is 5.73 Å². The Morgan fingerprint density at radius 2 is 2.19 bits per heavy atom. The first-order chi connectivity index (χ1) is 7.86. The number of hydrogen-bond acceptors (Lipinski definition) is 4. The SMILES string of the molecule is Nc1cnn2c1NCCC2c1ccncc1. The number of nitrogens with zero attached hydrogens (tertiary/aromatic N) is 3. The lowest BCUT2D eigenvalue weighted by Crippen LogP contribution is -2.24. The highest BCUT2D eigenvalue weighted by atomic mass is 15.4. The van der Waals surface area contributed by atoms with Crippen molar-refractivity contribution in [3.63, 3.8) is 0 Å². The Bertz CT molecular complexity index is 490. The van der Waals surface area contributed by atoms with Crippen LogP contribution in [0.1, 0.15) is 18.0 Å². The Kier molecular flexibility index (Phi) is 2.02. The summed E-state index contributed by atoms with van der Waals surface area (Å²) in [6.45, 7) is 0.920. The Labute approximate surface area is 93.3 Å². The van der Waals surface area contributed by atoms with Crippen LogP contribution in [0.3, 0.4) is 0 Å². The molecule has 0 amide bonds. The highest BCUT2D eigenvalue weighted by Gasteiger charge is 2.23. The Morgan fingerprint density at radius 1 is 1.38 bits per heavy atom. The molecule has 16 heavy (non-hydrogen) atoms. The van der Waals surface area contributed by atoms with E-state index in [0.717, 1.165) is 18.8 Å². The zero-order valence-electron chi connectivity index (χ0n) is 8.80. The highest BCUT2D eigenvalue weighted by molar-refractivity contribution is 5.62. The second kappa shape index (κ2) is 3.52. The van der Waals surface area contributed by atoms with Gasteiger partial charge in [0.25, 0.3) is 0 Å². The molecule has 0 radical (unpaired) electrons. The van der Waals surface area contributed by atoms with Gasteiger partial charge in [-0.05, 0) is 24.1 Å². The molecule has 0 fully saturated rings. The van der Waals surface area contributed by atoms with Gasteiger partial charge in [0.1, 0.15) is 5.82 Å². The minimum Gasteiger partial charge on any atom is -0.394 e. The maximum Gasteiger partial charge on any atom is 0.148 e. The van der Waals surface area contributed by atoms with E-state index in [0.29, 0.717) is 5.69 Å². The first kappa shape index (κ1) is 9.21. The van der Waals surface area contributed by atoms with E-state index < -0.39 is 0 Å². The predicted molar refractivity (Wildman–Crippen MR) is 62.1 cm³/mol. The average molecular weight is 215 g/mol. The Morgan fingerprint density at radius 3 is 3.00 bits per heavy atom. The molecule has 0 saturated heterocycles. The molecule has 0 aromatic carbocycles. The molecule has 2 aromatic heterocycles. The van der Waals surface area contributed by atoms with Gasteiger partial charge in [0.15, 0.2) is 0 Å². The van der Waals surface area contributed by atoms with Gasteiger partial charge >= 0.3 is 0 Å². The van der Waals surface area contributed by atoms with E-state index in [1.807, 2.05) is 29.2 Å². The second-order valence-corrected chi connectivity index (χ2v) is 3.90. The van der Waals surface area contributed by atoms with Gasteiger partial charge in [0, 0.05) is 18.9 Å². The number of aromatic nitrogens is 3. The lowest BCUT2D eigenvalue weighted by atomic mass is 10.0. The molecule has 5 heteroatoms. The largest absolute Gasteiger partial charge is 0.394 e. The molecule has 3 rings (SSSR count). The summed E-state index contributed by atoms with van der Waals surface area (Å²) in [5.74, 6) is 0.924. The van der Waals surface area contributed by atoms with Crippen molar-refractivity contribution >= 4 is 11.5 Å². The third-order valence-electron chi connectivity index (χ3n) is 2.92. The van der Waals surface area contributed by atoms with Crippen LogP contribution in [0.15, 0.2) is 30.7 Å².